The standard InChI is InChI=1S/C18H28N4O8/c19-14(17(25)26)4-3-12(23)8-22-7-11(2-1-5-21-10-30-29)13(16(24)9-22)6-15(20)18(27)28/h5,7,9,12,14-15,23H,1-4,6,8,10,19-20H2,(H3-,24,25,26,27,28,29)/p+1. The zero-order valence-corrected chi connectivity index (χ0v) is 16.4. The Morgan fingerprint density at radius 3 is 2.43 bits per heavy atom. The van der Waals surface area contributed by atoms with Gasteiger partial charge in [0.05, 0.1) is 0 Å². The molecular formula is C18H29N4O8+. The third-order valence-corrected chi connectivity index (χ3v) is 4.40. The van der Waals surface area contributed by atoms with Crippen molar-refractivity contribution in [1.82, 2.24) is 0 Å². The van der Waals surface area contributed by atoms with E-state index in [0.29, 0.717) is 24.0 Å². The van der Waals surface area contributed by atoms with Crippen molar-refractivity contribution in [3.63, 3.8) is 0 Å². The average Bonchev–Trinajstić information content (AvgIpc) is 2.67. The number of aliphatic carboxylic acids is 2. The Hall–Kier alpha value is -2.64. The van der Waals surface area contributed by atoms with Crippen molar-refractivity contribution in [2.75, 3.05) is 6.73 Å². The van der Waals surface area contributed by atoms with Gasteiger partial charge in [0, 0.05) is 23.8 Å². The molecule has 168 valence electrons. The summed E-state index contributed by atoms with van der Waals surface area (Å²) in [4.78, 5) is 29.5. The second-order valence-corrected chi connectivity index (χ2v) is 6.83. The van der Waals surface area contributed by atoms with Crippen LogP contribution < -0.4 is 16.0 Å². The molecule has 1 heterocycles. The number of hydrogen-bond acceptors (Lipinski definition) is 9. The number of pyridine rings is 1. The van der Waals surface area contributed by atoms with Gasteiger partial charge in [-0.2, -0.15) is 4.57 Å². The summed E-state index contributed by atoms with van der Waals surface area (Å²) in [6.07, 6.45) is 4.55. The van der Waals surface area contributed by atoms with Crippen molar-refractivity contribution in [2.45, 2.75) is 56.8 Å². The van der Waals surface area contributed by atoms with Gasteiger partial charge in [-0.3, -0.25) is 14.6 Å². The first-order chi connectivity index (χ1) is 14.1. The van der Waals surface area contributed by atoms with Crippen LogP contribution in [-0.4, -0.2) is 68.8 Å². The highest BCUT2D eigenvalue weighted by atomic mass is 17.1. The van der Waals surface area contributed by atoms with Gasteiger partial charge >= 0.3 is 11.9 Å². The number of nitrogens with two attached hydrogens (primary N) is 2. The van der Waals surface area contributed by atoms with Crippen LogP contribution in [0, 0.1) is 0 Å². The maximum absolute atomic E-state index is 11.1. The van der Waals surface area contributed by atoms with Gasteiger partial charge in [-0.05, 0) is 25.7 Å². The number of aromatic nitrogens is 1. The van der Waals surface area contributed by atoms with Crippen molar-refractivity contribution >= 4 is 18.2 Å². The van der Waals surface area contributed by atoms with E-state index in [-0.39, 0.29) is 38.3 Å². The first kappa shape index (κ1) is 25.4. The van der Waals surface area contributed by atoms with Crippen LogP contribution in [0.3, 0.4) is 0 Å². The third kappa shape index (κ3) is 8.80. The first-order valence-electron chi connectivity index (χ1n) is 9.29. The van der Waals surface area contributed by atoms with Gasteiger partial charge in [-0.25, -0.2) is 10.1 Å². The molecule has 0 amide bonds. The number of rotatable bonds is 14. The second kappa shape index (κ2) is 12.8. The lowest BCUT2D eigenvalue weighted by molar-refractivity contribution is -0.704. The average molecular weight is 429 g/mol. The largest absolute Gasteiger partial charge is 0.503 e. The van der Waals surface area contributed by atoms with Crippen molar-refractivity contribution in [1.29, 1.82) is 0 Å². The molecular weight excluding hydrogens is 400 g/mol. The fourth-order valence-corrected chi connectivity index (χ4v) is 2.81. The van der Waals surface area contributed by atoms with Gasteiger partial charge in [-0.15, -0.1) is 0 Å². The Morgan fingerprint density at radius 1 is 1.17 bits per heavy atom. The van der Waals surface area contributed by atoms with Crippen LogP contribution in [0.1, 0.15) is 30.4 Å². The molecule has 1 rings (SSSR count). The third-order valence-electron chi connectivity index (χ3n) is 4.40. The van der Waals surface area contributed by atoms with Crippen LogP contribution in [0.25, 0.3) is 0 Å². The summed E-state index contributed by atoms with van der Waals surface area (Å²) in [5.41, 5.74) is 12.0. The molecule has 1 aromatic rings. The van der Waals surface area contributed by atoms with E-state index in [1.54, 1.807) is 6.20 Å². The monoisotopic (exact) mass is 429 g/mol. The molecule has 0 aliphatic rings. The molecule has 0 fully saturated rings. The predicted octanol–water partition coefficient (Wildman–Crippen LogP) is -1.36. The Labute approximate surface area is 173 Å². The van der Waals surface area contributed by atoms with Crippen LogP contribution in [0.5, 0.6) is 5.75 Å². The van der Waals surface area contributed by atoms with Gasteiger partial charge < -0.3 is 31.9 Å². The number of carbonyl (C=O) groups is 2. The quantitative estimate of drug-likeness (QED) is 0.0798. The van der Waals surface area contributed by atoms with E-state index in [1.807, 2.05) is 0 Å². The zero-order valence-electron chi connectivity index (χ0n) is 16.4. The number of aliphatic hydroxyl groups is 1. The number of aryl methyl sites for hydroxylation is 1. The summed E-state index contributed by atoms with van der Waals surface area (Å²) in [6, 6.07) is -2.28. The number of aliphatic hydroxyl groups excluding tert-OH is 1. The highest BCUT2D eigenvalue weighted by Crippen LogP contribution is 2.22. The first-order valence-corrected chi connectivity index (χ1v) is 9.29. The van der Waals surface area contributed by atoms with E-state index in [9.17, 15) is 19.8 Å². The molecule has 12 nitrogen and oxygen atoms in total. The normalized spacial score (nSPS) is 14.5. The molecule has 0 aromatic carbocycles. The summed E-state index contributed by atoms with van der Waals surface area (Å²) in [6.45, 7) is -0.147. The van der Waals surface area contributed by atoms with E-state index < -0.39 is 30.1 Å². The van der Waals surface area contributed by atoms with E-state index in [2.05, 4.69) is 9.88 Å². The molecule has 30 heavy (non-hydrogen) atoms. The number of carboxylic acid groups (broad SMARTS) is 2. The van der Waals surface area contributed by atoms with Gasteiger partial charge in [-0.1, -0.05) is 0 Å². The summed E-state index contributed by atoms with van der Waals surface area (Å²) in [5, 5.41) is 46.7. The Kier molecular flexibility index (Phi) is 10.9. The Bertz CT molecular complexity index is 743. The SMILES string of the molecule is NC(CCC(O)C[n+]1cc(O)c(CC(N)C(=O)O)c(CCC=NCOO)c1)C(=O)O. The molecule has 3 atom stereocenters. The Balaban J connectivity index is 2.97. The molecule has 0 aliphatic heterocycles. The highest BCUT2D eigenvalue weighted by Gasteiger charge is 2.23. The molecule has 0 saturated heterocycles. The number of nitrogens with zero attached hydrogens (tertiary/aromatic N) is 2. The summed E-state index contributed by atoms with van der Waals surface area (Å²) >= 11 is 0. The molecule has 9 N–H and O–H groups in total. The lowest BCUT2D eigenvalue weighted by Crippen LogP contribution is -2.41. The van der Waals surface area contributed by atoms with Crippen LogP contribution in [-0.2, 0) is 33.9 Å². The van der Waals surface area contributed by atoms with Gasteiger partial charge in [0.25, 0.3) is 0 Å². The van der Waals surface area contributed by atoms with E-state index in [1.165, 1.54) is 17.0 Å². The summed E-state index contributed by atoms with van der Waals surface area (Å²) in [5.74, 6) is -2.53. The zero-order chi connectivity index (χ0) is 22.7. The van der Waals surface area contributed by atoms with Crippen molar-refractivity contribution in [2.24, 2.45) is 16.5 Å². The lowest BCUT2D eigenvalue weighted by atomic mass is 9.98. The second-order valence-electron chi connectivity index (χ2n) is 6.83. The van der Waals surface area contributed by atoms with Crippen molar-refractivity contribution in [3.05, 3.63) is 23.5 Å². The molecule has 0 bridgehead atoms. The number of aromatic hydroxyl groups is 1. The summed E-state index contributed by atoms with van der Waals surface area (Å²) < 4.78 is 1.53. The van der Waals surface area contributed by atoms with Gasteiger partial charge in [0.2, 0.25) is 6.20 Å². The van der Waals surface area contributed by atoms with E-state index >= 15 is 0 Å². The van der Waals surface area contributed by atoms with Crippen LogP contribution in [0.2, 0.25) is 0 Å². The summed E-state index contributed by atoms with van der Waals surface area (Å²) in [7, 11) is 0. The van der Waals surface area contributed by atoms with Crippen molar-refractivity contribution < 1.29 is 44.7 Å². The van der Waals surface area contributed by atoms with Gasteiger partial charge in [0.1, 0.15) is 18.2 Å². The number of aliphatic imine (C=N–C) groups is 1. The van der Waals surface area contributed by atoms with Crippen LogP contribution in [0.4, 0.5) is 0 Å². The van der Waals surface area contributed by atoms with Crippen molar-refractivity contribution in [3.8, 4) is 5.75 Å². The molecule has 0 radical (unpaired) electrons. The number of hydrogen-bond donors (Lipinski definition) is 7. The minimum atomic E-state index is -1.20. The lowest BCUT2D eigenvalue weighted by Gasteiger charge is -2.14. The molecule has 0 aliphatic carbocycles. The minimum Gasteiger partial charge on any atom is -0.503 e. The van der Waals surface area contributed by atoms with Crippen LogP contribution >= 0.6 is 0 Å². The Morgan fingerprint density at radius 2 is 1.83 bits per heavy atom. The molecule has 1 aromatic heterocycles. The fourth-order valence-electron chi connectivity index (χ4n) is 2.81. The van der Waals surface area contributed by atoms with E-state index in [4.69, 9.17) is 26.9 Å². The topological polar surface area (TPSA) is 213 Å². The molecule has 0 spiro atoms. The van der Waals surface area contributed by atoms with E-state index in [0.717, 1.165) is 0 Å². The fraction of sp³-hybridized carbons (Fsp3) is 0.556. The van der Waals surface area contributed by atoms with Crippen LogP contribution in [0.15, 0.2) is 17.4 Å². The minimum absolute atomic E-state index is 0.0740. The van der Waals surface area contributed by atoms with Gasteiger partial charge in [0.15, 0.2) is 25.2 Å². The smallest absolute Gasteiger partial charge is 0.320 e. The number of carboxylic acids is 2. The predicted molar refractivity (Wildman–Crippen MR) is 104 cm³/mol. The molecule has 12 heteroatoms. The maximum atomic E-state index is 11.1. The molecule has 0 saturated carbocycles. The molecule has 3 unspecified atom stereocenters. The highest BCUT2D eigenvalue weighted by molar-refractivity contribution is 5.74. The maximum Gasteiger partial charge on any atom is 0.320 e.